The van der Waals surface area contributed by atoms with Crippen molar-refractivity contribution in [3.05, 3.63) is 30.2 Å². The van der Waals surface area contributed by atoms with Crippen LogP contribution < -0.4 is 10.1 Å². The molecule has 1 unspecified atom stereocenters. The van der Waals surface area contributed by atoms with E-state index in [0.29, 0.717) is 12.0 Å². The van der Waals surface area contributed by atoms with Gasteiger partial charge in [-0.1, -0.05) is 6.92 Å². The fourth-order valence-electron chi connectivity index (χ4n) is 2.31. The van der Waals surface area contributed by atoms with Crippen molar-refractivity contribution < 1.29 is 37.0 Å². The highest BCUT2D eigenvalue weighted by Crippen LogP contribution is 2.27. The van der Waals surface area contributed by atoms with Crippen molar-refractivity contribution in [3.63, 3.8) is 0 Å². The molecule has 1 aromatic carbocycles. The Hall–Kier alpha value is -2.82. The van der Waals surface area contributed by atoms with Gasteiger partial charge in [-0.05, 0) is 51.5 Å². The van der Waals surface area contributed by atoms with E-state index in [1.807, 2.05) is 0 Å². The first-order valence-electron chi connectivity index (χ1n) is 8.75. The van der Waals surface area contributed by atoms with Gasteiger partial charge in [-0.25, -0.2) is 4.79 Å². The molecule has 0 radical (unpaired) electrons. The van der Waals surface area contributed by atoms with Crippen LogP contribution in [0.2, 0.25) is 0 Å². The highest BCUT2D eigenvalue weighted by molar-refractivity contribution is 5.68. The molecule has 2 rings (SSSR count). The number of halogens is 3. The molecule has 1 aromatic heterocycles. The maximum Gasteiger partial charge on any atom is 0.573 e. The van der Waals surface area contributed by atoms with Crippen LogP contribution in [-0.4, -0.2) is 39.4 Å². The van der Waals surface area contributed by atoms with Crippen LogP contribution in [0.5, 0.6) is 5.75 Å². The molecule has 2 atom stereocenters. The predicted octanol–water partition coefficient (Wildman–Crippen LogP) is 3.97. The minimum Gasteiger partial charge on any atom is -0.444 e. The number of alkyl carbamates (subject to hydrolysis) is 1. The van der Waals surface area contributed by atoms with E-state index < -0.39 is 36.0 Å². The molecular weight excluding hydrogens is 395 g/mol. The summed E-state index contributed by atoms with van der Waals surface area (Å²) in [5.74, 6) is -0.558. The fraction of sp³-hybridized carbons (Fsp3) is 0.500. The van der Waals surface area contributed by atoms with E-state index in [1.54, 1.807) is 27.7 Å². The van der Waals surface area contributed by atoms with Gasteiger partial charge >= 0.3 is 12.5 Å². The number of aliphatic hydroxyl groups is 1. The van der Waals surface area contributed by atoms with E-state index in [0.717, 1.165) is 12.1 Å². The van der Waals surface area contributed by atoms with Crippen molar-refractivity contribution in [1.29, 1.82) is 0 Å². The van der Waals surface area contributed by atoms with Gasteiger partial charge in [-0.15, -0.1) is 23.4 Å². The van der Waals surface area contributed by atoms with Gasteiger partial charge in [0.2, 0.25) is 11.8 Å². The lowest BCUT2D eigenvalue weighted by molar-refractivity contribution is -0.274. The molecule has 160 valence electrons. The molecule has 2 N–H and O–H groups in total. The molecule has 0 bridgehead atoms. The van der Waals surface area contributed by atoms with Crippen molar-refractivity contribution >= 4 is 6.09 Å². The van der Waals surface area contributed by atoms with Crippen molar-refractivity contribution in [2.75, 3.05) is 0 Å². The lowest BCUT2D eigenvalue weighted by atomic mass is 10.1. The smallest absolute Gasteiger partial charge is 0.444 e. The lowest BCUT2D eigenvalue weighted by Crippen LogP contribution is -2.42. The molecule has 8 nitrogen and oxygen atoms in total. The summed E-state index contributed by atoms with van der Waals surface area (Å²) in [7, 11) is 0. The molecule has 0 spiro atoms. The van der Waals surface area contributed by atoms with Gasteiger partial charge in [0.05, 0.1) is 6.04 Å². The first-order valence-corrected chi connectivity index (χ1v) is 8.75. The molecule has 29 heavy (non-hydrogen) atoms. The number of alkyl halides is 3. The summed E-state index contributed by atoms with van der Waals surface area (Å²) >= 11 is 0. The first kappa shape index (κ1) is 22.5. The van der Waals surface area contributed by atoms with Crippen LogP contribution in [0.1, 0.15) is 46.1 Å². The molecule has 2 aromatic rings. The minimum atomic E-state index is -4.79. The molecular formula is C18H22F3N3O5. The number of nitrogens with one attached hydrogen (secondary N) is 1. The maximum absolute atomic E-state index is 12.2. The first-order chi connectivity index (χ1) is 13.4. The normalized spacial score (nSPS) is 14.2. The zero-order chi connectivity index (χ0) is 21.8. The number of hydrogen-bond acceptors (Lipinski definition) is 7. The van der Waals surface area contributed by atoms with Crippen molar-refractivity contribution in [2.45, 2.75) is 58.2 Å². The van der Waals surface area contributed by atoms with Gasteiger partial charge in [0.15, 0.2) is 6.10 Å². The Morgan fingerprint density at radius 1 is 1.21 bits per heavy atom. The average Bonchev–Trinajstić information content (AvgIpc) is 3.07. The van der Waals surface area contributed by atoms with E-state index >= 15 is 0 Å². The summed E-state index contributed by atoms with van der Waals surface area (Å²) in [5, 5.41) is 20.5. The second-order valence-corrected chi connectivity index (χ2v) is 7.12. The highest BCUT2D eigenvalue weighted by atomic mass is 19.4. The topological polar surface area (TPSA) is 107 Å². The van der Waals surface area contributed by atoms with Crippen LogP contribution >= 0.6 is 0 Å². The Kier molecular flexibility index (Phi) is 6.73. The zero-order valence-electron chi connectivity index (χ0n) is 16.3. The fourth-order valence-corrected chi connectivity index (χ4v) is 2.31. The van der Waals surface area contributed by atoms with Crippen LogP contribution in [0, 0.1) is 0 Å². The van der Waals surface area contributed by atoms with E-state index in [-0.39, 0.29) is 11.8 Å². The van der Waals surface area contributed by atoms with Crippen molar-refractivity contribution in [3.8, 4) is 17.2 Å². The van der Waals surface area contributed by atoms with Crippen LogP contribution in [0.15, 0.2) is 28.7 Å². The standard InChI is InChI=1S/C18H22F3N3O5/c1-5-12(22-16(26)29-17(2,3)4)13(25)15-24-23-14(27-15)10-6-8-11(9-7-10)28-18(19,20)21/h6-9,12-13,25H,5H2,1-4H3,(H,22,26)/t12-,13?/m0/s1. The molecule has 1 amide bonds. The molecule has 1 heterocycles. The van der Waals surface area contributed by atoms with E-state index in [9.17, 15) is 23.1 Å². The molecule has 0 aliphatic carbocycles. The predicted molar refractivity (Wildman–Crippen MR) is 94.8 cm³/mol. The number of ether oxygens (including phenoxy) is 2. The van der Waals surface area contributed by atoms with Crippen LogP contribution in [0.3, 0.4) is 0 Å². The third-order valence-electron chi connectivity index (χ3n) is 3.55. The molecule has 0 saturated carbocycles. The number of nitrogens with zero attached hydrogens (tertiary/aromatic N) is 2. The van der Waals surface area contributed by atoms with Crippen LogP contribution in [-0.2, 0) is 4.74 Å². The molecule has 0 fully saturated rings. The Morgan fingerprint density at radius 3 is 2.34 bits per heavy atom. The summed E-state index contributed by atoms with van der Waals surface area (Å²) in [4.78, 5) is 11.9. The molecule has 0 aliphatic rings. The Bertz CT molecular complexity index is 815. The van der Waals surface area contributed by atoms with E-state index in [4.69, 9.17) is 9.15 Å². The van der Waals surface area contributed by atoms with Crippen LogP contribution in [0.25, 0.3) is 11.5 Å². The van der Waals surface area contributed by atoms with Gasteiger partial charge in [-0.3, -0.25) is 0 Å². The number of carbonyl (C=O) groups is 1. The third-order valence-corrected chi connectivity index (χ3v) is 3.55. The zero-order valence-corrected chi connectivity index (χ0v) is 16.3. The molecule has 0 aliphatic heterocycles. The number of benzene rings is 1. The van der Waals surface area contributed by atoms with Gasteiger partial charge < -0.3 is 24.3 Å². The molecule has 11 heteroatoms. The SMILES string of the molecule is CC[C@H](NC(=O)OC(C)(C)C)C(O)c1nnc(-c2ccc(OC(F)(F)F)cc2)o1. The number of amides is 1. The van der Waals surface area contributed by atoms with Gasteiger partial charge in [-0.2, -0.15) is 0 Å². The summed E-state index contributed by atoms with van der Waals surface area (Å²) in [6, 6.07) is 4.06. The quantitative estimate of drug-likeness (QED) is 0.732. The summed E-state index contributed by atoms with van der Waals surface area (Å²) in [6.45, 7) is 6.86. The monoisotopic (exact) mass is 417 g/mol. The van der Waals surface area contributed by atoms with Crippen molar-refractivity contribution in [1.82, 2.24) is 15.5 Å². The second-order valence-electron chi connectivity index (χ2n) is 7.12. The Balaban J connectivity index is 2.08. The highest BCUT2D eigenvalue weighted by Gasteiger charge is 2.31. The Morgan fingerprint density at radius 2 is 1.83 bits per heavy atom. The average molecular weight is 417 g/mol. The van der Waals surface area contributed by atoms with Gasteiger partial charge in [0.25, 0.3) is 0 Å². The van der Waals surface area contributed by atoms with E-state index in [2.05, 4.69) is 20.3 Å². The number of hydrogen-bond donors (Lipinski definition) is 2. The number of carbonyl (C=O) groups excluding carboxylic acids is 1. The summed E-state index contributed by atoms with van der Waals surface area (Å²) in [6.07, 6.45) is -6.45. The van der Waals surface area contributed by atoms with E-state index in [1.165, 1.54) is 12.1 Å². The number of rotatable bonds is 6. The maximum atomic E-state index is 12.2. The third kappa shape index (κ3) is 6.93. The Labute approximate surface area is 165 Å². The summed E-state index contributed by atoms with van der Waals surface area (Å²) in [5.41, 5.74) is -0.369. The minimum absolute atomic E-state index is 0.00951. The number of aromatic nitrogens is 2. The van der Waals surface area contributed by atoms with Gasteiger partial charge in [0.1, 0.15) is 11.4 Å². The lowest BCUT2D eigenvalue weighted by Gasteiger charge is -2.24. The molecule has 0 saturated heterocycles. The van der Waals surface area contributed by atoms with Crippen LogP contribution in [0.4, 0.5) is 18.0 Å². The number of aliphatic hydroxyl groups excluding tert-OH is 1. The second kappa shape index (κ2) is 8.68. The van der Waals surface area contributed by atoms with Gasteiger partial charge in [0, 0.05) is 5.56 Å². The van der Waals surface area contributed by atoms with Crippen molar-refractivity contribution in [2.24, 2.45) is 0 Å². The largest absolute Gasteiger partial charge is 0.573 e. The summed E-state index contributed by atoms with van der Waals surface area (Å²) < 4.78 is 51.0.